The van der Waals surface area contributed by atoms with Gasteiger partial charge < -0.3 is 0 Å². The molecule has 0 saturated carbocycles. The summed E-state index contributed by atoms with van der Waals surface area (Å²) in [6, 6.07) is 10.1. The molecule has 0 fully saturated rings. The number of hydrogen-bond acceptors (Lipinski definition) is 0. The first kappa shape index (κ1) is 21.1. The van der Waals surface area contributed by atoms with E-state index in [-0.39, 0.29) is 12.8 Å². The Bertz CT molecular complexity index is 393. The van der Waals surface area contributed by atoms with Gasteiger partial charge in [-0.15, -0.1) is 0 Å². The average molecular weight is 342 g/mol. The van der Waals surface area contributed by atoms with Crippen LogP contribution in [0.3, 0.4) is 0 Å². The minimum absolute atomic E-state index is 0.131. The molecular formula is C21H33F3. The number of halogens is 3. The van der Waals surface area contributed by atoms with E-state index in [1.807, 2.05) is 18.2 Å². The van der Waals surface area contributed by atoms with Gasteiger partial charge in [0.05, 0.1) is 0 Å². The summed E-state index contributed by atoms with van der Waals surface area (Å²) in [6.07, 6.45) is 3.31. The average Bonchev–Trinajstić information content (AvgIpc) is 2.61. The van der Waals surface area contributed by atoms with Crippen molar-refractivity contribution in [1.29, 1.82) is 0 Å². The molecule has 1 aromatic carbocycles. The molecular weight excluding hydrogens is 309 g/mol. The number of aryl methyl sites for hydroxylation is 1. The van der Waals surface area contributed by atoms with Crippen LogP contribution in [0.5, 0.6) is 0 Å². The minimum atomic E-state index is -1.95. The molecule has 138 valence electrons. The lowest BCUT2D eigenvalue weighted by atomic mass is 9.99. The molecule has 24 heavy (non-hydrogen) atoms. The second kappa shape index (κ2) is 13.3. The topological polar surface area (TPSA) is 0 Å². The molecule has 3 heteroatoms. The predicted octanol–water partition coefficient (Wildman–Crippen LogP) is 7.16. The van der Waals surface area contributed by atoms with Gasteiger partial charge in [-0.05, 0) is 31.2 Å². The first-order chi connectivity index (χ1) is 11.6. The maximum absolute atomic E-state index is 13.8. The molecule has 3 atom stereocenters. The van der Waals surface area contributed by atoms with Gasteiger partial charge in [0.2, 0.25) is 0 Å². The molecule has 0 amide bonds. The van der Waals surface area contributed by atoms with Crippen molar-refractivity contribution < 1.29 is 13.2 Å². The molecule has 1 rings (SSSR count). The van der Waals surface area contributed by atoms with Gasteiger partial charge in [0, 0.05) is 0 Å². The van der Waals surface area contributed by atoms with Crippen molar-refractivity contribution in [1.82, 2.24) is 0 Å². The van der Waals surface area contributed by atoms with Crippen LogP contribution in [0.15, 0.2) is 30.3 Å². The van der Waals surface area contributed by atoms with Crippen LogP contribution in [0.2, 0.25) is 0 Å². The van der Waals surface area contributed by atoms with Gasteiger partial charge in [-0.25, -0.2) is 13.2 Å². The molecule has 0 aliphatic heterocycles. The van der Waals surface area contributed by atoms with Crippen LogP contribution in [-0.2, 0) is 6.42 Å². The van der Waals surface area contributed by atoms with Crippen LogP contribution < -0.4 is 0 Å². The SMILES string of the molecule is CCCCCCC[C@@H](F)[C@H](F)[C@H](F)CCCCCc1ccccc1. The highest BCUT2D eigenvalue weighted by Crippen LogP contribution is 2.22. The Morgan fingerprint density at radius 3 is 1.83 bits per heavy atom. The first-order valence-corrected chi connectivity index (χ1v) is 9.61. The number of unbranched alkanes of at least 4 members (excludes halogenated alkanes) is 6. The highest BCUT2D eigenvalue weighted by molar-refractivity contribution is 5.14. The maximum atomic E-state index is 13.8. The van der Waals surface area contributed by atoms with E-state index < -0.39 is 18.5 Å². The van der Waals surface area contributed by atoms with E-state index in [4.69, 9.17) is 0 Å². The van der Waals surface area contributed by atoms with E-state index in [1.54, 1.807) is 0 Å². The first-order valence-electron chi connectivity index (χ1n) is 9.61. The van der Waals surface area contributed by atoms with Crippen molar-refractivity contribution in [2.24, 2.45) is 0 Å². The Kier molecular flexibility index (Phi) is 11.7. The lowest BCUT2D eigenvalue weighted by Crippen LogP contribution is -2.28. The molecule has 0 saturated heterocycles. The Labute approximate surface area is 145 Å². The van der Waals surface area contributed by atoms with Crippen LogP contribution in [0, 0.1) is 0 Å². The van der Waals surface area contributed by atoms with E-state index in [0.29, 0.717) is 12.8 Å². The molecule has 0 heterocycles. The maximum Gasteiger partial charge on any atom is 0.162 e. The van der Waals surface area contributed by atoms with Crippen molar-refractivity contribution in [3.8, 4) is 0 Å². The van der Waals surface area contributed by atoms with E-state index >= 15 is 0 Å². The summed E-state index contributed by atoms with van der Waals surface area (Å²) in [4.78, 5) is 0. The van der Waals surface area contributed by atoms with Gasteiger partial charge in [-0.2, -0.15) is 0 Å². The van der Waals surface area contributed by atoms with Crippen LogP contribution in [0.4, 0.5) is 13.2 Å². The fraction of sp³-hybridized carbons (Fsp3) is 0.714. The van der Waals surface area contributed by atoms with Crippen LogP contribution in [-0.4, -0.2) is 18.5 Å². The van der Waals surface area contributed by atoms with Gasteiger partial charge in [-0.1, -0.05) is 82.2 Å². The molecule has 1 aromatic rings. The van der Waals surface area contributed by atoms with Gasteiger partial charge in [-0.3, -0.25) is 0 Å². The molecule has 0 aliphatic rings. The third-order valence-electron chi connectivity index (χ3n) is 4.56. The lowest BCUT2D eigenvalue weighted by Gasteiger charge is -2.17. The normalized spacial score (nSPS) is 15.2. The third kappa shape index (κ3) is 9.34. The summed E-state index contributed by atoms with van der Waals surface area (Å²) in [7, 11) is 0. The number of alkyl halides is 3. The Balaban J connectivity index is 2.07. The minimum Gasteiger partial charge on any atom is -0.244 e. The van der Waals surface area contributed by atoms with Gasteiger partial charge in [0.25, 0.3) is 0 Å². The van der Waals surface area contributed by atoms with Gasteiger partial charge in [0.1, 0.15) is 12.3 Å². The third-order valence-corrected chi connectivity index (χ3v) is 4.56. The zero-order chi connectivity index (χ0) is 17.6. The quantitative estimate of drug-likeness (QED) is 0.314. The van der Waals surface area contributed by atoms with Gasteiger partial charge >= 0.3 is 0 Å². The van der Waals surface area contributed by atoms with E-state index in [2.05, 4.69) is 19.1 Å². The zero-order valence-corrected chi connectivity index (χ0v) is 15.0. The van der Waals surface area contributed by atoms with Crippen molar-refractivity contribution in [2.45, 2.75) is 96.1 Å². The Hall–Kier alpha value is -0.990. The summed E-state index contributed by atoms with van der Waals surface area (Å²) in [6.45, 7) is 2.11. The fourth-order valence-electron chi connectivity index (χ4n) is 2.98. The summed E-state index contributed by atoms with van der Waals surface area (Å²) in [5.74, 6) is 0. The smallest absolute Gasteiger partial charge is 0.162 e. The number of benzene rings is 1. The lowest BCUT2D eigenvalue weighted by molar-refractivity contribution is 0.0699. The largest absolute Gasteiger partial charge is 0.244 e. The molecule has 0 aliphatic carbocycles. The van der Waals surface area contributed by atoms with E-state index in [0.717, 1.165) is 44.9 Å². The second-order valence-corrected chi connectivity index (χ2v) is 6.76. The predicted molar refractivity (Wildman–Crippen MR) is 96.7 cm³/mol. The van der Waals surface area contributed by atoms with Crippen LogP contribution in [0.1, 0.15) is 76.7 Å². The second-order valence-electron chi connectivity index (χ2n) is 6.76. The number of hydrogen-bond donors (Lipinski definition) is 0. The Morgan fingerprint density at radius 1 is 0.708 bits per heavy atom. The van der Waals surface area contributed by atoms with E-state index in [9.17, 15) is 13.2 Å². The highest BCUT2D eigenvalue weighted by Gasteiger charge is 2.28. The summed E-state index contributed by atoms with van der Waals surface area (Å²) < 4.78 is 41.3. The molecule has 0 bridgehead atoms. The number of rotatable bonds is 14. The van der Waals surface area contributed by atoms with Crippen molar-refractivity contribution in [3.05, 3.63) is 35.9 Å². The highest BCUT2D eigenvalue weighted by atomic mass is 19.2. The van der Waals surface area contributed by atoms with E-state index in [1.165, 1.54) is 5.56 Å². The summed E-state index contributed by atoms with van der Waals surface area (Å²) in [5, 5.41) is 0. The molecule has 0 radical (unpaired) electrons. The zero-order valence-electron chi connectivity index (χ0n) is 15.0. The molecule has 0 spiro atoms. The Morgan fingerprint density at radius 2 is 1.25 bits per heavy atom. The van der Waals surface area contributed by atoms with Crippen molar-refractivity contribution in [3.63, 3.8) is 0 Å². The van der Waals surface area contributed by atoms with Crippen molar-refractivity contribution in [2.75, 3.05) is 0 Å². The molecule has 0 aromatic heterocycles. The fourth-order valence-corrected chi connectivity index (χ4v) is 2.98. The van der Waals surface area contributed by atoms with Crippen LogP contribution in [0.25, 0.3) is 0 Å². The monoisotopic (exact) mass is 342 g/mol. The van der Waals surface area contributed by atoms with Crippen molar-refractivity contribution >= 4 is 0 Å². The van der Waals surface area contributed by atoms with Gasteiger partial charge in [0.15, 0.2) is 6.17 Å². The standard InChI is InChI=1S/C21H33F3/c1-2-3-4-5-11-16-19(22)21(24)20(23)17-12-7-10-15-18-13-8-6-9-14-18/h6,8-9,13-14,19-21H,2-5,7,10-12,15-17H2,1H3/t19-,20-,21+/m1/s1. The molecule has 0 nitrogen and oxygen atoms in total. The summed E-state index contributed by atoms with van der Waals surface area (Å²) >= 11 is 0. The molecule has 0 N–H and O–H groups in total. The van der Waals surface area contributed by atoms with Crippen LogP contribution >= 0.6 is 0 Å². The summed E-state index contributed by atoms with van der Waals surface area (Å²) in [5.41, 5.74) is 1.27. The molecule has 0 unspecified atom stereocenters.